The third kappa shape index (κ3) is 2.64. The molecule has 1 aromatic carbocycles. The summed E-state index contributed by atoms with van der Waals surface area (Å²) >= 11 is 0. The van der Waals surface area contributed by atoms with E-state index in [1.807, 2.05) is 0 Å². The Labute approximate surface area is 140 Å². The smallest absolute Gasteiger partial charge is 0.0200 e. The van der Waals surface area contributed by atoms with Crippen LogP contribution in [0.25, 0.3) is 0 Å². The molecule has 124 valence electrons. The minimum absolute atomic E-state index is 0.331. The van der Waals surface area contributed by atoms with Gasteiger partial charge in [-0.1, -0.05) is 30.3 Å². The molecule has 5 fully saturated rings. The van der Waals surface area contributed by atoms with Crippen molar-refractivity contribution in [1.82, 2.24) is 5.32 Å². The number of hydrogen-bond acceptors (Lipinski definition) is 2. The van der Waals surface area contributed by atoms with Crippen molar-refractivity contribution >= 4 is 0 Å². The summed E-state index contributed by atoms with van der Waals surface area (Å²) in [7, 11) is 0. The minimum Gasteiger partial charge on any atom is -0.326 e. The molecule has 5 saturated carbocycles. The lowest BCUT2D eigenvalue weighted by atomic mass is 9.54. The van der Waals surface area contributed by atoms with E-state index in [1.54, 1.807) is 6.42 Å². The second-order valence-corrected chi connectivity index (χ2v) is 8.95. The van der Waals surface area contributed by atoms with Gasteiger partial charge in [0.25, 0.3) is 0 Å². The van der Waals surface area contributed by atoms with Crippen LogP contribution in [-0.2, 0) is 0 Å². The van der Waals surface area contributed by atoms with Crippen LogP contribution in [0, 0.1) is 29.6 Å². The van der Waals surface area contributed by atoms with Gasteiger partial charge < -0.3 is 11.1 Å². The Morgan fingerprint density at radius 3 is 2.22 bits per heavy atom. The Bertz CT molecular complexity index is 526. The minimum atomic E-state index is 0.331. The maximum absolute atomic E-state index is 6.55. The molecule has 2 heteroatoms. The van der Waals surface area contributed by atoms with Gasteiger partial charge in [-0.05, 0) is 79.6 Å². The van der Waals surface area contributed by atoms with Crippen LogP contribution in [0.1, 0.15) is 50.0 Å². The fourth-order valence-corrected chi connectivity index (χ4v) is 6.45. The normalized spacial score (nSPS) is 45.2. The van der Waals surface area contributed by atoms with Gasteiger partial charge in [0.05, 0.1) is 0 Å². The summed E-state index contributed by atoms with van der Waals surface area (Å²) in [6.07, 6.45) is 8.81. The molecule has 0 heterocycles. The standard InChI is InChI=1S/C21H30N2/c22-20(19-11-18(19)15-4-2-1-3-5-15)12-23-21-16-7-13-6-14(9-16)10-17(21)8-13/h1-5,13-14,16-21,23H,6-12,22H2/t13?,14?,16?,17?,18-,19+,20?,21?/m0/s1. The molecule has 0 spiro atoms. The zero-order valence-corrected chi connectivity index (χ0v) is 14.0. The van der Waals surface area contributed by atoms with Crippen molar-refractivity contribution in [1.29, 1.82) is 0 Å². The van der Waals surface area contributed by atoms with Gasteiger partial charge >= 0.3 is 0 Å². The average molecular weight is 310 g/mol. The summed E-state index contributed by atoms with van der Waals surface area (Å²) in [5.74, 6) is 5.46. The molecule has 0 saturated heterocycles. The summed E-state index contributed by atoms with van der Waals surface area (Å²) in [4.78, 5) is 0. The third-order valence-corrected chi connectivity index (χ3v) is 7.43. The fourth-order valence-electron chi connectivity index (χ4n) is 6.45. The van der Waals surface area contributed by atoms with E-state index in [4.69, 9.17) is 5.73 Å². The molecule has 5 aliphatic carbocycles. The molecular formula is C21H30N2. The summed E-state index contributed by atoms with van der Waals surface area (Å²) < 4.78 is 0. The molecule has 2 nitrogen and oxygen atoms in total. The van der Waals surface area contributed by atoms with Crippen molar-refractivity contribution < 1.29 is 0 Å². The highest BCUT2D eigenvalue weighted by Gasteiger charge is 2.48. The second-order valence-electron chi connectivity index (χ2n) is 8.95. The van der Waals surface area contributed by atoms with Crippen molar-refractivity contribution in [2.45, 2.75) is 56.5 Å². The van der Waals surface area contributed by atoms with Gasteiger partial charge in [-0.3, -0.25) is 0 Å². The van der Waals surface area contributed by atoms with Gasteiger partial charge in [-0.15, -0.1) is 0 Å². The molecule has 0 aromatic heterocycles. The molecule has 0 aliphatic heterocycles. The van der Waals surface area contributed by atoms with E-state index in [1.165, 1.54) is 37.7 Å². The van der Waals surface area contributed by atoms with Crippen molar-refractivity contribution in [2.24, 2.45) is 35.3 Å². The van der Waals surface area contributed by atoms with Crippen molar-refractivity contribution in [3.8, 4) is 0 Å². The molecule has 4 bridgehead atoms. The van der Waals surface area contributed by atoms with Gasteiger partial charge in [0.2, 0.25) is 0 Å². The van der Waals surface area contributed by atoms with E-state index in [-0.39, 0.29) is 0 Å². The Hall–Kier alpha value is -0.860. The van der Waals surface area contributed by atoms with Crippen LogP contribution in [0.2, 0.25) is 0 Å². The van der Waals surface area contributed by atoms with Crippen LogP contribution >= 0.6 is 0 Å². The zero-order valence-electron chi connectivity index (χ0n) is 14.0. The molecule has 6 rings (SSSR count). The first-order chi connectivity index (χ1) is 11.3. The van der Waals surface area contributed by atoms with E-state index in [9.17, 15) is 0 Å². The molecule has 1 unspecified atom stereocenters. The highest BCUT2D eigenvalue weighted by molar-refractivity contribution is 5.26. The summed E-state index contributed by atoms with van der Waals surface area (Å²) in [6, 6.07) is 12.1. The number of hydrogen-bond donors (Lipinski definition) is 2. The average Bonchev–Trinajstić information content (AvgIpc) is 3.35. The van der Waals surface area contributed by atoms with E-state index in [2.05, 4.69) is 35.6 Å². The maximum Gasteiger partial charge on any atom is 0.0200 e. The predicted octanol–water partition coefficient (Wildman–Crippen LogP) is 3.53. The Balaban J connectivity index is 1.16. The second kappa shape index (κ2) is 5.60. The first-order valence-corrected chi connectivity index (χ1v) is 9.82. The van der Waals surface area contributed by atoms with Crippen LogP contribution in [-0.4, -0.2) is 18.6 Å². The van der Waals surface area contributed by atoms with Gasteiger partial charge in [0, 0.05) is 18.6 Å². The van der Waals surface area contributed by atoms with E-state index >= 15 is 0 Å². The first-order valence-electron chi connectivity index (χ1n) is 9.82. The first kappa shape index (κ1) is 14.5. The van der Waals surface area contributed by atoms with Gasteiger partial charge in [0.15, 0.2) is 0 Å². The monoisotopic (exact) mass is 310 g/mol. The highest BCUT2D eigenvalue weighted by atomic mass is 15.0. The van der Waals surface area contributed by atoms with Gasteiger partial charge in [-0.25, -0.2) is 0 Å². The number of benzene rings is 1. The highest BCUT2D eigenvalue weighted by Crippen LogP contribution is 2.54. The third-order valence-electron chi connectivity index (χ3n) is 7.43. The molecule has 23 heavy (non-hydrogen) atoms. The Kier molecular flexibility index (Phi) is 3.52. The molecule has 5 aliphatic rings. The summed E-state index contributed by atoms with van der Waals surface area (Å²) in [5, 5.41) is 3.93. The quantitative estimate of drug-likeness (QED) is 0.873. The predicted molar refractivity (Wildman–Crippen MR) is 94.1 cm³/mol. The van der Waals surface area contributed by atoms with Crippen LogP contribution in [0.4, 0.5) is 0 Å². The van der Waals surface area contributed by atoms with E-state index < -0.39 is 0 Å². The van der Waals surface area contributed by atoms with E-state index in [0.717, 1.165) is 36.3 Å². The van der Waals surface area contributed by atoms with Crippen molar-refractivity contribution in [2.75, 3.05) is 6.54 Å². The molecule has 0 amide bonds. The van der Waals surface area contributed by atoms with Crippen LogP contribution in [0.3, 0.4) is 0 Å². The fraction of sp³-hybridized carbons (Fsp3) is 0.714. The van der Waals surface area contributed by atoms with Crippen LogP contribution < -0.4 is 11.1 Å². The van der Waals surface area contributed by atoms with Crippen LogP contribution in [0.5, 0.6) is 0 Å². The number of rotatable bonds is 5. The van der Waals surface area contributed by atoms with Gasteiger partial charge in [-0.2, -0.15) is 0 Å². The Morgan fingerprint density at radius 2 is 1.57 bits per heavy atom. The molecular weight excluding hydrogens is 280 g/mol. The maximum atomic E-state index is 6.55. The zero-order chi connectivity index (χ0) is 15.4. The van der Waals surface area contributed by atoms with Crippen molar-refractivity contribution in [3.05, 3.63) is 35.9 Å². The number of nitrogens with one attached hydrogen (secondary N) is 1. The van der Waals surface area contributed by atoms with E-state index in [0.29, 0.717) is 17.9 Å². The van der Waals surface area contributed by atoms with Crippen molar-refractivity contribution in [3.63, 3.8) is 0 Å². The topological polar surface area (TPSA) is 38.0 Å². The molecule has 0 radical (unpaired) electrons. The lowest BCUT2D eigenvalue weighted by Crippen LogP contribution is -2.56. The SMILES string of the molecule is NC(CNC1C2CC3CC(C2)CC1C3)[C@@H]1C[C@H]1c1ccccc1. The van der Waals surface area contributed by atoms with Gasteiger partial charge in [0.1, 0.15) is 0 Å². The molecule has 3 atom stereocenters. The number of nitrogens with two attached hydrogens (primary N) is 1. The van der Waals surface area contributed by atoms with Crippen LogP contribution in [0.15, 0.2) is 30.3 Å². The Morgan fingerprint density at radius 1 is 0.913 bits per heavy atom. The molecule has 1 aromatic rings. The summed E-state index contributed by atoms with van der Waals surface area (Å²) in [5.41, 5.74) is 8.04. The molecule has 3 N–H and O–H groups in total. The largest absolute Gasteiger partial charge is 0.326 e. The lowest BCUT2D eigenvalue weighted by Gasteiger charge is -2.54. The summed E-state index contributed by atoms with van der Waals surface area (Å²) in [6.45, 7) is 1.03. The lowest BCUT2D eigenvalue weighted by molar-refractivity contribution is -0.0141.